The van der Waals surface area contributed by atoms with E-state index in [2.05, 4.69) is 5.32 Å². The highest BCUT2D eigenvalue weighted by Gasteiger charge is 2.18. The highest BCUT2D eigenvalue weighted by Crippen LogP contribution is 2.14. The molecule has 5 nitrogen and oxygen atoms in total. The predicted molar refractivity (Wildman–Crippen MR) is 80.8 cm³/mol. The number of furan rings is 1. The van der Waals surface area contributed by atoms with E-state index < -0.39 is 0 Å². The normalized spacial score (nSPS) is 17.4. The van der Waals surface area contributed by atoms with Gasteiger partial charge in [-0.05, 0) is 37.1 Å². The fraction of sp³-hybridized carbons (Fsp3) is 0.353. The van der Waals surface area contributed by atoms with Crippen molar-refractivity contribution < 1.29 is 18.7 Å². The molecule has 0 unspecified atom stereocenters. The Balaban J connectivity index is 1.48. The Hall–Kier alpha value is -2.27. The van der Waals surface area contributed by atoms with Crippen LogP contribution in [-0.2, 0) is 11.3 Å². The first-order valence-electron chi connectivity index (χ1n) is 7.47. The summed E-state index contributed by atoms with van der Waals surface area (Å²) in [4.78, 5) is 12.0. The summed E-state index contributed by atoms with van der Waals surface area (Å²) in [6.07, 6.45) is 2.18. The van der Waals surface area contributed by atoms with Gasteiger partial charge in [0.05, 0.1) is 6.10 Å². The minimum atomic E-state index is -0.221. The third-order valence-electron chi connectivity index (χ3n) is 3.52. The number of amides is 1. The van der Waals surface area contributed by atoms with E-state index in [-0.39, 0.29) is 12.0 Å². The highest BCUT2D eigenvalue weighted by atomic mass is 16.5. The molecular weight excluding hydrogens is 282 g/mol. The maximum atomic E-state index is 12.0. The van der Waals surface area contributed by atoms with E-state index in [0.717, 1.165) is 25.2 Å². The summed E-state index contributed by atoms with van der Waals surface area (Å²) < 4.78 is 16.6. The molecule has 1 atom stereocenters. The van der Waals surface area contributed by atoms with Crippen LogP contribution in [0.4, 0.5) is 0 Å². The molecule has 1 saturated heterocycles. The smallest absolute Gasteiger partial charge is 0.287 e. The first-order chi connectivity index (χ1) is 10.8. The SMILES string of the molecule is O=C(NC[C@H]1CCCO1)c1ccc(COc2ccccc2)o1. The van der Waals surface area contributed by atoms with Gasteiger partial charge in [-0.2, -0.15) is 0 Å². The lowest BCUT2D eigenvalue weighted by molar-refractivity contribution is 0.0832. The van der Waals surface area contributed by atoms with Gasteiger partial charge < -0.3 is 19.2 Å². The fourth-order valence-corrected chi connectivity index (χ4v) is 2.35. The summed E-state index contributed by atoms with van der Waals surface area (Å²) in [5.74, 6) is 1.46. The molecule has 0 bridgehead atoms. The van der Waals surface area contributed by atoms with Crippen molar-refractivity contribution in [3.05, 3.63) is 54.0 Å². The second-order valence-corrected chi connectivity index (χ2v) is 5.21. The van der Waals surface area contributed by atoms with Gasteiger partial charge in [-0.3, -0.25) is 4.79 Å². The largest absolute Gasteiger partial charge is 0.486 e. The molecule has 0 saturated carbocycles. The number of hydrogen-bond acceptors (Lipinski definition) is 4. The molecule has 0 aliphatic carbocycles. The van der Waals surface area contributed by atoms with Crippen molar-refractivity contribution in [2.45, 2.75) is 25.6 Å². The molecule has 0 radical (unpaired) electrons. The number of rotatable bonds is 6. The molecule has 5 heteroatoms. The second-order valence-electron chi connectivity index (χ2n) is 5.21. The third-order valence-corrected chi connectivity index (χ3v) is 3.52. The minimum Gasteiger partial charge on any atom is -0.486 e. The summed E-state index contributed by atoms with van der Waals surface area (Å²) in [6, 6.07) is 12.9. The Morgan fingerprint density at radius 1 is 1.23 bits per heavy atom. The van der Waals surface area contributed by atoms with Crippen LogP contribution in [0.3, 0.4) is 0 Å². The predicted octanol–water partition coefficient (Wildman–Crippen LogP) is 2.77. The minimum absolute atomic E-state index is 0.125. The molecule has 116 valence electrons. The van der Waals surface area contributed by atoms with Crippen molar-refractivity contribution >= 4 is 5.91 Å². The molecule has 1 fully saturated rings. The van der Waals surface area contributed by atoms with E-state index in [0.29, 0.717) is 24.7 Å². The first-order valence-corrected chi connectivity index (χ1v) is 7.47. The van der Waals surface area contributed by atoms with E-state index in [9.17, 15) is 4.79 Å². The monoisotopic (exact) mass is 301 g/mol. The number of para-hydroxylation sites is 1. The van der Waals surface area contributed by atoms with Gasteiger partial charge in [-0.15, -0.1) is 0 Å². The van der Waals surface area contributed by atoms with Crippen LogP contribution in [0.1, 0.15) is 29.2 Å². The molecule has 2 heterocycles. The van der Waals surface area contributed by atoms with Gasteiger partial charge in [0.25, 0.3) is 5.91 Å². The van der Waals surface area contributed by atoms with Crippen LogP contribution in [0.5, 0.6) is 5.75 Å². The second kappa shape index (κ2) is 7.13. The molecule has 3 rings (SSSR count). The average Bonchev–Trinajstić information content (AvgIpc) is 3.23. The highest BCUT2D eigenvalue weighted by molar-refractivity contribution is 5.91. The average molecular weight is 301 g/mol. The summed E-state index contributed by atoms with van der Waals surface area (Å²) in [7, 11) is 0. The summed E-state index contributed by atoms with van der Waals surface area (Å²) in [5, 5.41) is 2.83. The van der Waals surface area contributed by atoms with Crippen molar-refractivity contribution in [2.75, 3.05) is 13.2 Å². The van der Waals surface area contributed by atoms with Crippen LogP contribution in [0.2, 0.25) is 0 Å². The zero-order valence-electron chi connectivity index (χ0n) is 12.3. The van der Waals surface area contributed by atoms with Crippen molar-refractivity contribution in [1.29, 1.82) is 0 Å². The lowest BCUT2D eigenvalue weighted by Crippen LogP contribution is -2.31. The Labute approximate surface area is 129 Å². The van der Waals surface area contributed by atoms with Gasteiger partial charge in [0.15, 0.2) is 5.76 Å². The molecule has 1 aliphatic heterocycles. The van der Waals surface area contributed by atoms with E-state index in [4.69, 9.17) is 13.9 Å². The zero-order chi connectivity index (χ0) is 15.2. The Kier molecular flexibility index (Phi) is 4.75. The van der Waals surface area contributed by atoms with Gasteiger partial charge >= 0.3 is 0 Å². The topological polar surface area (TPSA) is 60.7 Å². The van der Waals surface area contributed by atoms with Crippen LogP contribution in [0.25, 0.3) is 0 Å². The molecule has 1 aliphatic rings. The number of carbonyl (C=O) groups excluding carboxylic acids is 1. The van der Waals surface area contributed by atoms with Crippen LogP contribution in [0, 0.1) is 0 Å². The lowest BCUT2D eigenvalue weighted by atomic mass is 10.2. The number of benzene rings is 1. The van der Waals surface area contributed by atoms with Crippen molar-refractivity contribution in [3.8, 4) is 5.75 Å². The Morgan fingerprint density at radius 2 is 2.09 bits per heavy atom. The summed E-state index contributed by atoms with van der Waals surface area (Å²) >= 11 is 0. The zero-order valence-corrected chi connectivity index (χ0v) is 12.3. The van der Waals surface area contributed by atoms with E-state index in [1.54, 1.807) is 12.1 Å². The Morgan fingerprint density at radius 3 is 2.86 bits per heavy atom. The number of hydrogen-bond donors (Lipinski definition) is 1. The van der Waals surface area contributed by atoms with Gasteiger partial charge in [0.2, 0.25) is 0 Å². The van der Waals surface area contributed by atoms with E-state index >= 15 is 0 Å². The molecule has 1 N–H and O–H groups in total. The molecule has 1 aromatic carbocycles. The van der Waals surface area contributed by atoms with Gasteiger partial charge in [-0.25, -0.2) is 0 Å². The number of nitrogens with one attached hydrogen (secondary N) is 1. The number of ether oxygens (including phenoxy) is 2. The summed E-state index contributed by atoms with van der Waals surface area (Å²) in [5.41, 5.74) is 0. The molecular formula is C17H19NO4. The maximum Gasteiger partial charge on any atom is 0.287 e. The Bertz CT molecular complexity index is 602. The molecule has 0 spiro atoms. The molecule has 1 aromatic heterocycles. The summed E-state index contributed by atoms with van der Waals surface area (Å²) in [6.45, 7) is 1.60. The quantitative estimate of drug-likeness (QED) is 0.891. The van der Waals surface area contributed by atoms with Crippen LogP contribution in [0.15, 0.2) is 46.9 Å². The van der Waals surface area contributed by atoms with Gasteiger partial charge in [0.1, 0.15) is 18.1 Å². The third kappa shape index (κ3) is 3.89. The van der Waals surface area contributed by atoms with Gasteiger partial charge in [0, 0.05) is 13.2 Å². The van der Waals surface area contributed by atoms with E-state index in [1.807, 2.05) is 30.3 Å². The fourth-order valence-electron chi connectivity index (χ4n) is 2.35. The van der Waals surface area contributed by atoms with Gasteiger partial charge in [-0.1, -0.05) is 18.2 Å². The van der Waals surface area contributed by atoms with Crippen molar-refractivity contribution in [2.24, 2.45) is 0 Å². The molecule has 1 amide bonds. The van der Waals surface area contributed by atoms with Crippen molar-refractivity contribution in [3.63, 3.8) is 0 Å². The van der Waals surface area contributed by atoms with Crippen LogP contribution < -0.4 is 10.1 Å². The van der Waals surface area contributed by atoms with Crippen molar-refractivity contribution in [1.82, 2.24) is 5.32 Å². The number of carbonyl (C=O) groups is 1. The van der Waals surface area contributed by atoms with E-state index in [1.165, 1.54) is 0 Å². The molecule has 22 heavy (non-hydrogen) atoms. The lowest BCUT2D eigenvalue weighted by Gasteiger charge is -2.09. The maximum absolute atomic E-state index is 12.0. The first kappa shape index (κ1) is 14.7. The standard InChI is InChI=1S/C17H19NO4/c19-17(18-11-14-7-4-10-20-14)16-9-8-15(22-16)12-21-13-5-2-1-3-6-13/h1-3,5-6,8-9,14H,4,7,10-12H2,(H,18,19)/t14-/m1/s1. The molecule has 2 aromatic rings. The van der Waals surface area contributed by atoms with Crippen LogP contribution >= 0.6 is 0 Å². The van der Waals surface area contributed by atoms with Crippen LogP contribution in [-0.4, -0.2) is 25.2 Å².